The molecule has 2 fully saturated rings. The summed E-state index contributed by atoms with van der Waals surface area (Å²) in [6.07, 6.45) is -0.0659. The molecule has 160 valence electrons. The summed E-state index contributed by atoms with van der Waals surface area (Å²) in [5, 5.41) is 18.8. The molecule has 8 nitrogen and oxygen atoms in total. The maximum absolute atomic E-state index is 13.2. The van der Waals surface area contributed by atoms with E-state index in [1.807, 2.05) is 18.2 Å². The molecule has 2 aliphatic heterocycles. The summed E-state index contributed by atoms with van der Waals surface area (Å²) in [5.74, 6) is -0.529. The van der Waals surface area contributed by atoms with Crippen molar-refractivity contribution >= 4 is 29.5 Å². The lowest BCUT2D eigenvalue weighted by atomic mass is 9.93. The molecular formula is C21H25ClN4O4. The highest BCUT2D eigenvalue weighted by Gasteiger charge is 2.42. The fraction of sp³-hybridized carbons (Fsp3) is 0.524. The molecule has 0 saturated carbocycles. The first-order valence-corrected chi connectivity index (χ1v) is 10.3. The third-order valence-electron chi connectivity index (χ3n) is 6.13. The molecule has 2 saturated heterocycles. The van der Waals surface area contributed by atoms with E-state index in [-0.39, 0.29) is 36.1 Å². The van der Waals surface area contributed by atoms with Crippen molar-refractivity contribution in [2.75, 3.05) is 33.2 Å². The van der Waals surface area contributed by atoms with E-state index in [2.05, 4.69) is 0 Å². The number of carboxylic acid groups (broad SMARTS) is 1. The van der Waals surface area contributed by atoms with E-state index in [4.69, 9.17) is 16.9 Å². The van der Waals surface area contributed by atoms with Crippen LogP contribution in [0.5, 0.6) is 0 Å². The van der Waals surface area contributed by atoms with E-state index in [0.717, 1.165) is 5.56 Å². The minimum Gasteiger partial charge on any atom is -0.465 e. The van der Waals surface area contributed by atoms with Crippen LogP contribution in [-0.2, 0) is 9.59 Å². The predicted molar refractivity (Wildman–Crippen MR) is 110 cm³/mol. The number of hydrogen-bond donors (Lipinski definition) is 1. The van der Waals surface area contributed by atoms with Gasteiger partial charge in [0.1, 0.15) is 6.42 Å². The number of piperidine rings is 1. The average Bonchev–Trinajstić information content (AvgIpc) is 3.18. The maximum Gasteiger partial charge on any atom is 0.407 e. The van der Waals surface area contributed by atoms with Crippen molar-refractivity contribution in [3.63, 3.8) is 0 Å². The topological polar surface area (TPSA) is 105 Å². The zero-order valence-corrected chi connectivity index (χ0v) is 17.6. The van der Waals surface area contributed by atoms with E-state index in [1.54, 1.807) is 21.9 Å². The van der Waals surface area contributed by atoms with Gasteiger partial charge in [0.2, 0.25) is 11.8 Å². The number of carbonyl (C=O) groups excluding carboxylic acids is 2. The second kappa shape index (κ2) is 9.35. The molecule has 2 heterocycles. The van der Waals surface area contributed by atoms with Gasteiger partial charge in [-0.05, 0) is 30.5 Å². The molecule has 1 N–H and O–H groups in total. The number of carbonyl (C=O) groups is 3. The summed E-state index contributed by atoms with van der Waals surface area (Å²) >= 11 is 5.99. The number of nitrogens with zero attached hydrogens (tertiary/aromatic N) is 4. The number of rotatable bonds is 4. The lowest BCUT2D eigenvalue weighted by Crippen LogP contribution is -2.45. The van der Waals surface area contributed by atoms with Gasteiger partial charge in [-0.3, -0.25) is 9.59 Å². The first-order valence-electron chi connectivity index (χ1n) is 9.96. The highest BCUT2D eigenvalue weighted by atomic mass is 35.5. The molecule has 0 aromatic heterocycles. The second-order valence-corrected chi connectivity index (χ2v) is 8.29. The number of halogens is 1. The largest absolute Gasteiger partial charge is 0.465 e. The standard InChI is InChI=1S/C21H25ClN4O4/c1-24(21(29)30)18-13-26(12-17(18)14-2-4-16(22)5-3-14)20(28)15-7-10-25(11-8-15)19(27)6-9-23/h2-5,15,17-18H,6-8,10-13H2,1H3,(H,29,30)/t17-,18+/m0/s1. The fourth-order valence-corrected chi connectivity index (χ4v) is 4.48. The lowest BCUT2D eigenvalue weighted by Gasteiger charge is -2.33. The minimum atomic E-state index is -1.03. The molecule has 0 aliphatic carbocycles. The normalized spacial score (nSPS) is 21.9. The van der Waals surface area contributed by atoms with E-state index in [1.165, 1.54) is 11.9 Å². The number of likely N-dealkylation sites (N-methyl/N-ethyl adjacent to an activating group) is 1. The summed E-state index contributed by atoms with van der Waals surface area (Å²) < 4.78 is 0. The van der Waals surface area contributed by atoms with Crippen LogP contribution in [0.3, 0.4) is 0 Å². The molecule has 1 aromatic rings. The van der Waals surface area contributed by atoms with Gasteiger partial charge in [-0.15, -0.1) is 0 Å². The summed E-state index contributed by atoms with van der Waals surface area (Å²) in [5.41, 5.74) is 0.949. The van der Waals surface area contributed by atoms with Gasteiger partial charge in [0.05, 0.1) is 12.1 Å². The van der Waals surface area contributed by atoms with Gasteiger partial charge in [0.15, 0.2) is 0 Å². The van der Waals surface area contributed by atoms with Crippen molar-refractivity contribution < 1.29 is 19.5 Å². The smallest absolute Gasteiger partial charge is 0.407 e. The zero-order valence-electron chi connectivity index (χ0n) is 16.8. The van der Waals surface area contributed by atoms with Crippen LogP contribution in [0, 0.1) is 17.2 Å². The summed E-state index contributed by atoms with van der Waals surface area (Å²) in [6.45, 7) is 1.70. The van der Waals surface area contributed by atoms with Crippen molar-refractivity contribution in [2.45, 2.75) is 31.2 Å². The molecule has 0 radical (unpaired) electrons. The number of benzene rings is 1. The number of nitriles is 1. The quantitative estimate of drug-likeness (QED) is 0.786. The van der Waals surface area contributed by atoms with Crippen LogP contribution in [-0.4, -0.2) is 77.0 Å². The number of hydrogen-bond acceptors (Lipinski definition) is 4. The second-order valence-electron chi connectivity index (χ2n) is 7.85. The lowest BCUT2D eigenvalue weighted by molar-refractivity contribution is -0.139. The van der Waals surface area contributed by atoms with Crippen LogP contribution in [0.15, 0.2) is 24.3 Å². The highest BCUT2D eigenvalue weighted by Crippen LogP contribution is 2.33. The van der Waals surface area contributed by atoms with Gasteiger partial charge < -0.3 is 19.8 Å². The van der Waals surface area contributed by atoms with Gasteiger partial charge >= 0.3 is 6.09 Å². The first kappa shape index (κ1) is 21.9. The average molecular weight is 433 g/mol. The van der Waals surface area contributed by atoms with Gasteiger partial charge in [-0.2, -0.15) is 5.26 Å². The Morgan fingerprint density at radius 2 is 1.80 bits per heavy atom. The molecule has 9 heteroatoms. The number of amides is 3. The Bertz CT molecular complexity index is 846. The zero-order chi connectivity index (χ0) is 21.8. The maximum atomic E-state index is 13.2. The molecule has 3 amide bonds. The Morgan fingerprint density at radius 1 is 1.17 bits per heavy atom. The van der Waals surface area contributed by atoms with Gasteiger partial charge in [-0.25, -0.2) is 4.79 Å². The van der Waals surface area contributed by atoms with Crippen LogP contribution < -0.4 is 0 Å². The number of likely N-dealkylation sites (tertiary alicyclic amines) is 2. The Kier molecular flexibility index (Phi) is 6.83. The first-order chi connectivity index (χ1) is 14.3. The Labute approximate surface area is 180 Å². The van der Waals surface area contributed by atoms with E-state index in [0.29, 0.717) is 44.0 Å². The third-order valence-corrected chi connectivity index (χ3v) is 6.38. The van der Waals surface area contributed by atoms with E-state index >= 15 is 0 Å². The molecule has 0 unspecified atom stereocenters. The van der Waals surface area contributed by atoms with E-state index < -0.39 is 6.09 Å². The molecular weight excluding hydrogens is 408 g/mol. The molecule has 0 spiro atoms. The van der Waals surface area contributed by atoms with Crippen LogP contribution in [0.4, 0.5) is 4.79 Å². The minimum absolute atomic E-state index is 0.00244. The van der Waals surface area contributed by atoms with E-state index in [9.17, 15) is 19.5 Å². The van der Waals surface area contributed by atoms with Crippen molar-refractivity contribution in [2.24, 2.45) is 5.92 Å². The van der Waals surface area contributed by atoms with Crippen LogP contribution in [0.1, 0.15) is 30.7 Å². The third kappa shape index (κ3) is 4.68. The SMILES string of the molecule is CN(C(=O)O)[C@@H]1CN(C(=O)C2CCN(C(=O)CC#N)CC2)C[C@H]1c1ccc(Cl)cc1. The van der Waals surface area contributed by atoms with Crippen LogP contribution in [0.2, 0.25) is 5.02 Å². The Hall–Kier alpha value is -2.79. The van der Waals surface area contributed by atoms with Crippen molar-refractivity contribution in [1.29, 1.82) is 5.26 Å². The highest BCUT2D eigenvalue weighted by molar-refractivity contribution is 6.30. The predicted octanol–water partition coefficient (Wildman–Crippen LogP) is 2.40. The Balaban J connectivity index is 1.70. The summed E-state index contributed by atoms with van der Waals surface area (Å²) in [4.78, 5) is 41.3. The molecule has 0 bridgehead atoms. The van der Waals surface area contributed by atoms with Gasteiger partial charge in [0.25, 0.3) is 0 Å². The van der Waals surface area contributed by atoms with Crippen LogP contribution in [0.25, 0.3) is 0 Å². The fourth-order valence-electron chi connectivity index (χ4n) is 4.35. The molecule has 1 aromatic carbocycles. The summed E-state index contributed by atoms with van der Waals surface area (Å²) in [6, 6.07) is 8.82. The molecule has 3 rings (SSSR count). The molecule has 2 atom stereocenters. The van der Waals surface area contributed by atoms with Crippen molar-refractivity contribution in [3.05, 3.63) is 34.9 Å². The van der Waals surface area contributed by atoms with Crippen molar-refractivity contribution in [1.82, 2.24) is 14.7 Å². The monoisotopic (exact) mass is 432 g/mol. The van der Waals surface area contributed by atoms with Crippen LogP contribution >= 0.6 is 11.6 Å². The molecule has 30 heavy (non-hydrogen) atoms. The van der Waals surface area contributed by atoms with Gasteiger partial charge in [0, 0.05) is 50.1 Å². The molecule has 2 aliphatic rings. The van der Waals surface area contributed by atoms with Gasteiger partial charge in [-0.1, -0.05) is 23.7 Å². The Morgan fingerprint density at radius 3 is 2.37 bits per heavy atom. The summed E-state index contributed by atoms with van der Waals surface area (Å²) in [7, 11) is 1.53. The van der Waals surface area contributed by atoms with Crippen molar-refractivity contribution in [3.8, 4) is 6.07 Å².